The van der Waals surface area contributed by atoms with Gasteiger partial charge >= 0.3 is 0 Å². The van der Waals surface area contributed by atoms with Crippen LogP contribution in [0.15, 0.2) is 48.5 Å². The van der Waals surface area contributed by atoms with Crippen molar-refractivity contribution >= 4 is 34.3 Å². The van der Waals surface area contributed by atoms with E-state index in [0.29, 0.717) is 12.1 Å². The summed E-state index contributed by atoms with van der Waals surface area (Å²) in [4.78, 5) is 11.7. The maximum atomic E-state index is 6.15. The van der Waals surface area contributed by atoms with E-state index in [9.17, 15) is 0 Å². The molecule has 2 N–H and O–H groups in total. The Morgan fingerprint density at radius 1 is 0.912 bits per heavy atom. The average Bonchev–Trinajstić information content (AvgIpc) is 3.33. The van der Waals surface area contributed by atoms with Crippen molar-refractivity contribution in [2.45, 2.75) is 68.9 Å². The molecular formula is C28H36ClN5. The summed E-state index contributed by atoms with van der Waals surface area (Å²) in [7, 11) is 4.08. The van der Waals surface area contributed by atoms with Crippen LogP contribution in [-0.2, 0) is 5.41 Å². The Balaban J connectivity index is 1.19. The van der Waals surface area contributed by atoms with Gasteiger partial charge in [-0.2, -0.15) is 4.98 Å². The third-order valence-corrected chi connectivity index (χ3v) is 8.07. The molecule has 2 aliphatic carbocycles. The van der Waals surface area contributed by atoms with E-state index in [2.05, 4.69) is 39.8 Å². The molecule has 0 amide bonds. The van der Waals surface area contributed by atoms with Crippen molar-refractivity contribution in [1.29, 1.82) is 0 Å². The molecule has 0 aliphatic heterocycles. The number of hydrogen-bond acceptors (Lipinski definition) is 5. The number of nitrogens with zero attached hydrogens (tertiary/aromatic N) is 3. The summed E-state index contributed by atoms with van der Waals surface area (Å²) in [6, 6.07) is 17.8. The first kappa shape index (κ1) is 23.4. The molecule has 5 nitrogen and oxygen atoms in total. The highest BCUT2D eigenvalue weighted by Gasteiger charge is 2.36. The highest BCUT2D eigenvalue weighted by Crippen LogP contribution is 2.41. The normalized spacial score (nSPS) is 22.1. The lowest BCUT2D eigenvalue weighted by Crippen LogP contribution is -2.44. The van der Waals surface area contributed by atoms with Crippen LogP contribution in [0.2, 0.25) is 5.02 Å². The van der Waals surface area contributed by atoms with E-state index in [1.807, 2.05) is 38.4 Å². The number of benzene rings is 2. The van der Waals surface area contributed by atoms with E-state index in [-0.39, 0.29) is 5.41 Å². The van der Waals surface area contributed by atoms with Crippen LogP contribution in [0.5, 0.6) is 0 Å². The molecule has 2 saturated carbocycles. The van der Waals surface area contributed by atoms with E-state index in [4.69, 9.17) is 21.6 Å². The second kappa shape index (κ2) is 10.1. The fraction of sp³-hybridized carbons (Fsp3) is 0.500. The van der Waals surface area contributed by atoms with Gasteiger partial charge in [0, 0.05) is 48.5 Å². The molecule has 0 spiro atoms. The van der Waals surface area contributed by atoms with E-state index < -0.39 is 0 Å². The van der Waals surface area contributed by atoms with Gasteiger partial charge < -0.3 is 15.5 Å². The summed E-state index contributed by atoms with van der Waals surface area (Å²) in [5.74, 6) is 1.71. The van der Waals surface area contributed by atoms with Gasteiger partial charge in [0.25, 0.3) is 0 Å². The maximum absolute atomic E-state index is 6.15. The number of nitrogens with one attached hydrogen (secondary N) is 2. The molecule has 0 saturated heterocycles. The van der Waals surface area contributed by atoms with Gasteiger partial charge in [-0.25, -0.2) is 4.98 Å². The minimum absolute atomic E-state index is 0.265. The predicted octanol–water partition coefficient (Wildman–Crippen LogP) is 6.17. The maximum Gasteiger partial charge on any atom is 0.225 e. The standard InChI is InChI=1S/C28H36ClN5/c1-34(2)26-24-7-3-4-8-25(24)32-27(33-26)31-23-15-13-22(14-16-23)30-19-28(17-5-6-18-28)20-9-11-21(29)12-10-20/h3-4,7-12,22-23,30H,5-6,13-19H2,1-2H3,(H,31,32,33). The number of rotatable bonds is 7. The van der Waals surface area contributed by atoms with Gasteiger partial charge in [-0.05, 0) is 68.4 Å². The zero-order valence-electron chi connectivity index (χ0n) is 20.4. The monoisotopic (exact) mass is 477 g/mol. The van der Waals surface area contributed by atoms with E-state index in [1.54, 1.807) is 0 Å². The molecule has 0 atom stereocenters. The molecule has 1 heterocycles. The zero-order chi connectivity index (χ0) is 23.5. The minimum Gasteiger partial charge on any atom is -0.362 e. The molecule has 1 aromatic heterocycles. The van der Waals surface area contributed by atoms with Crippen LogP contribution in [0, 0.1) is 0 Å². The molecule has 6 heteroatoms. The lowest BCUT2D eigenvalue weighted by Gasteiger charge is -2.35. The van der Waals surface area contributed by atoms with E-state index in [1.165, 1.54) is 44.1 Å². The summed E-state index contributed by atoms with van der Waals surface area (Å²) in [6.07, 6.45) is 9.82. The predicted molar refractivity (Wildman–Crippen MR) is 143 cm³/mol. The van der Waals surface area contributed by atoms with Crippen molar-refractivity contribution < 1.29 is 0 Å². The SMILES string of the molecule is CN(C)c1nc(NC2CCC(NCC3(c4ccc(Cl)cc4)CCCC3)CC2)nc2ccccc12. The van der Waals surface area contributed by atoms with E-state index >= 15 is 0 Å². The van der Waals surface area contributed by atoms with Crippen LogP contribution in [0.1, 0.15) is 56.9 Å². The topological polar surface area (TPSA) is 53.1 Å². The Morgan fingerprint density at radius 2 is 1.59 bits per heavy atom. The van der Waals surface area contributed by atoms with Crippen LogP contribution < -0.4 is 15.5 Å². The molecule has 180 valence electrons. The van der Waals surface area contributed by atoms with Crippen LogP contribution in [0.25, 0.3) is 10.9 Å². The van der Waals surface area contributed by atoms with Crippen LogP contribution >= 0.6 is 11.6 Å². The summed E-state index contributed by atoms with van der Waals surface area (Å²) in [6.45, 7) is 1.07. The molecular weight excluding hydrogens is 442 g/mol. The number of fused-ring (bicyclic) bond motifs is 1. The number of hydrogen-bond donors (Lipinski definition) is 2. The van der Waals surface area contributed by atoms with E-state index in [0.717, 1.165) is 47.1 Å². The van der Waals surface area contributed by atoms with Crippen molar-refractivity contribution in [2.75, 3.05) is 30.9 Å². The lowest BCUT2D eigenvalue weighted by molar-refractivity contribution is 0.311. The number of anilines is 2. The van der Waals surface area contributed by atoms with Gasteiger partial charge in [-0.1, -0.05) is 48.7 Å². The van der Waals surface area contributed by atoms with Gasteiger partial charge in [0.15, 0.2) is 0 Å². The second-order valence-corrected chi connectivity index (χ2v) is 10.8. The van der Waals surface area contributed by atoms with Crippen molar-refractivity contribution in [1.82, 2.24) is 15.3 Å². The third-order valence-electron chi connectivity index (χ3n) is 7.81. The number of para-hydroxylation sites is 1. The molecule has 0 bridgehead atoms. The Labute approximate surface area is 208 Å². The largest absolute Gasteiger partial charge is 0.362 e. The van der Waals surface area contributed by atoms with Gasteiger partial charge in [-0.15, -0.1) is 0 Å². The van der Waals surface area contributed by atoms with Gasteiger partial charge in [-0.3, -0.25) is 0 Å². The number of halogens is 1. The fourth-order valence-electron chi connectivity index (χ4n) is 5.85. The quantitative estimate of drug-likeness (QED) is 0.426. The average molecular weight is 478 g/mol. The van der Waals surface area contributed by atoms with Gasteiger partial charge in [0.2, 0.25) is 5.95 Å². The smallest absolute Gasteiger partial charge is 0.225 e. The Hall–Kier alpha value is -2.37. The van der Waals surface area contributed by atoms with Gasteiger partial charge in [0.1, 0.15) is 5.82 Å². The summed E-state index contributed by atoms with van der Waals surface area (Å²) in [5.41, 5.74) is 2.70. The fourth-order valence-corrected chi connectivity index (χ4v) is 5.98. The highest BCUT2D eigenvalue weighted by molar-refractivity contribution is 6.30. The first-order valence-electron chi connectivity index (χ1n) is 12.7. The Kier molecular flexibility index (Phi) is 6.94. The van der Waals surface area contributed by atoms with Crippen LogP contribution in [-0.4, -0.2) is 42.7 Å². The van der Waals surface area contributed by atoms with Crippen molar-refractivity contribution in [3.8, 4) is 0 Å². The summed E-state index contributed by atoms with van der Waals surface area (Å²) in [5, 5.41) is 9.50. The Morgan fingerprint density at radius 3 is 2.29 bits per heavy atom. The molecule has 3 aromatic rings. The van der Waals surface area contributed by atoms with Crippen molar-refractivity contribution in [2.24, 2.45) is 0 Å². The molecule has 2 fully saturated rings. The summed E-state index contributed by atoms with van der Waals surface area (Å²) >= 11 is 6.15. The van der Waals surface area contributed by atoms with Crippen LogP contribution in [0.3, 0.4) is 0 Å². The highest BCUT2D eigenvalue weighted by atomic mass is 35.5. The molecule has 2 aromatic carbocycles. The van der Waals surface area contributed by atoms with Crippen molar-refractivity contribution in [3.05, 3.63) is 59.1 Å². The molecule has 5 rings (SSSR count). The molecule has 0 unspecified atom stereocenters. The molecule has 2 aliphatic rings. The first-order chi connectivity index (χ1) is 16.5. The lowest BCUT2D eigenvalue weighted by atomic mass is 9.78. The molecule has 34 heavy (non-hydrogen) atoms. The second-order valence-electron chi connectivity index (χ2n) is 10.4. The third kappa shape index (κ3) is 5.01. The van der Waals surface area contributed by atoms with Crippen molar-refractivity contribution in [3.63, 3.8) is 0 Å². The molecule has 0 radical (unpaired) electrons. The van der Waals surface area contributed by atoms with Gasteiger partial charge in [0.05, 0.1) is 5.52 Å². The zero-order valence-corrected chi connectivity index (χ0v) is 21.1. The first-order valence-corrected chi connectivity index (χ1v) is 13.1. The number of aromatic nitrogens is 2. The summed E-state index contributed by atoms with van der Waals surface area (Å²) < 4.78 is 0. The minimum atomic E-state index is 0.265. The van der Waals surface area contributed by atoms with Crippen LogP contribution in [0.4, 0.5) is 11.8 Å². The Bertz CT molecular complexity index is 1100.